The third-order valence-electron chi connectivity index (χ3n) is 5.37. The van der Waals surface area contributed by atoms with Gasteiger partial charge in [0.05, 0.1) is 11.6 Å². The molecule has 1 aromatic heterocycles. The molecule has 0 fully saturated rings. The fourth-order valence-electron chi connectivity index (χ4n) is 3.51. The molecule has 4 rings (SSSR count). The van der Waals surface area contributed by atoms with Gasteiger partial charge in [0.15, 0.2) is 11.7 Å². The van der Waals surface area contributed by atoms with Crippen molar-refractivity contribution in [2.75, 3.05) is 10.6 Å². The highest BCUT2D eigenvalue weighted by molar-refractivity contribution is 5.96. The molecule has 1 atom stereocenters. The van der Waals surface area contributed by atoms with Crippen LogP contribution in [0.15, 0.2) is 71.1 Å². The minimum absolute atomic E-state index is 0.247. The summed E-state index contributed by atoms with van der Waals surface area (Å²) < 4.78 is 11.7. The molecule has 0 saturated carbocycles. The molecule has 172 valence electrons. The number of benzene rings is 3. The van der Waals surface area contributed by atoms with Gasteiger partial charge in [0.1, 0.15) is 11.3 Å². The van der Waals surface area contributed by atoms with Crippen molar-refractivity contribution in [3.63, 3.8) is 0 Å². The molecule has 0 bridgehead atoms. The third-order valence-corrected chi connectivity index (χ3v) is 5.37. The molecule has 1 heterocycles. The third kappa shape index (κ3) is 5.54. The number of aromatic nitrogens is 1. The maximum Gasteiger partial charge on any atom is 0.300 e. The van der Waals surface area contributed by atoms with Crippen molar-refractivity contribution in [3.8, 4) is 11.8 Å². The van der Waals surface area contributed by atoms with Crippen LogP contribution in [0.25, 0.3) is 11.1 Å². The molecule has 0 aliphatic rings. The van der Waals surface area contributed by atoms with Crippen molar-refractivity contribution in [2.24, 2.45) is 0 Å². The van der Waals surface area contributed by atoms with Crippen molar-refractivity contribution in [1.82, 2.24) is 4.98 Å². The summed E-state index contributed by atoms with van der Waals surface area (Å²) in [5.74, 6) is 0.297. The molecule has 3 aromatic carbocycles. The van der Waals surface area contributed by atoms with Gasteiger partial charge < -0.3 is 19.8 Å². The lowest BCUT2D eigenvalue weighted by Gasteiger charge is -2.18. The van der Waals surface area contributed by atoms with Gasteiger partial charge in [0.2, 0.25) is 0 Å². The van der Waals surface area contributed by atoms with Gasteiger partial charge in [-0.15, -0.1) is 0 Å². The van der Waals surface area contributed by atoms with E-state index in [1.54, 1.807) is 42.5 Å². The smallest absolute Gasteiger partial charge is 0.300 e. The molecule has 1 unspecified atom stereocenters. The second kappa shape index (κ2) is 10.5. The van der Waals surface area contributed by atoms with Gasteiger partial charge in [0, 0.05) is 11.4 Å². The molecule has 2 N–H and O–H groups in total. The monoisotopic (exact) mass is 454 g/mol. The van der Waals surface area contributed by atoms with Crippen LogP contribution in [0.2, 0.25) is 0 Å². The number of anilines is 3. The van der Waals surface area contributed by atoms with Gasteiger partial charge in [-0.25, -0.2) is 0 Å². The normalized spacial score (nSPS) is 11.6. The summed E-state index contributed by atoms with van der Waals surface area (Å²) in [6, 6.07) is 22.6. The second-order valence-corrected chi connectivity index (χ2v) is 7.90. The van der Waals surface area contributed by atoms with Crippen molar-refractivity contribution >= 4 is 34.4 Å². The Hall–Kier alpha value is -4.31. The van der Waals surface area contributed by atoms with Crippen LogP contribution < -0.4 is 15.4 Å². The molecule has 0 aliphatic heterocycles. The van der Waals surface area contributed by atoms with E-state index in [-0.39, 0.29) is 5.91 Å². The van der Waals surface area contributed by atoms with Crippen LogP contribution in [0.4, 0.5) is 17.4 Å². The molecule has 0 aliphatic carbocycles. The molecular formula is C27H26N4O3. The number of hydrogen-bond acceptors (Lipinski definition) is 6. The van der Waals surface area contributed by atoms with E-state index in [2.05, 4.69) is 40.7 Å². The molecule has 1 amide bonds. The number of carbonyl (C=O) groups is 1. The van der Waals surface area contributed by atoms with E-state index < -0.39 is 6.10 Å². The molecule has 0 saturated heterocycles. The van der Waals surface area contributed by atoms with Crippen LogP contribution >= 0.6 is 0 Å². The molecular weight excluding hydrogens is 428 g/mol. The van der Waals surface area contributed by atoms with Crippen LogP contribution in [-0.2, 0) is 11.2 Å². The van der Waals surface area contributed by atoms with Crippen molar-refractivity contribution in [1.29, 1.82) is 5.26 Å². The highest BCUT2D eigenvalue weighted by Gasteiger charge is 2.20. The first-order chi connectivity index (χ1) is 16.6. The Bertz CT molecular complexity index is 1300. The number of ether oxygens (including phenoxy) is 1. The predicted octanol–water partition coefficient (Wildman–Crippen LogP) is 6.19. The number of aryl methyl sites for hydroxylation is 1. The zero-order valence-electron chi connectivity index (χ0n) is 19.2. The SMILES string of the molecule is CCCC(Oc1ccc(C#N)cc1)C(=O)Nc1ccc2oc(Nc3ccc(CC)cc3)nc2c1. The number of carbonyl (C=O) groups excluding carboxylic acids is 1. The fraction of sp³-hybridized carbons (Fsp3) is 0.222. The van der Waals surface area contributed by atoms with Crippen molar-refractivity contribution in [2.45, 2.75) is 39.2 Å². The quantitative estimate of drug-likeness (QED) is 0.313. The lowest BCUT2D eigenvalue weighted by molar-refractivity contribution is -0.123. The number of nitriles is 1. The number of amides is 1. The van der Waals surface area contributed by atoms with E-state index in [4.69, 9.17) is 14.4 Å². The lowest BCUT2D eigenvalue weighted by atomic mass is 10.1. The maximum absolute atomic E-state index is 12.9. The molecule has 0 spiro atoms. The zero-order valence-corrected chi connectivity index (χ0v) is 19.2. The first kappa shape index (κ1) is 22.9. The summed E-state index contributed by atoms with van der Waals surface area (Å²) in [4.78, 5) is 17.4. The van der Waals surface area contributed by atoms with E-state index in [0.29, 0.717) is 40.5 Å². The fourth-order valence-corrected chi connectivity index (χ4v) is 3.51. The van der Waals surface area contributed by atoms with E-state index in [9.17, 15) is 4.79 Å². The van der Waals surface area contributed by atoms with Crippen LogP contribution in [-0.4, -0.2) is 17.0 Å². The first-order valence-electron chi connectivity index (χ1n) is 11.3. The van der Waals surface area contributed by atoms with Gasteiger partial charge in [-0.05, 0) is 73.0 Å². The summed E-state index contributed by atoms with van der Waals surface area (Å²) in [6.45, 7) is 4.11. The number of oxazole rings is 1. The van der Waals surface area contributed by atoms with Crippen LogP contribution in [0.1, 0.15) is 37.8 Å². The Balaban J connectivity index is 1.45. The summed E-state index contributed by atoms with van der Waals surface area (Å²) >= 11 is 0. The van der Waals surface area contributed by atoms with Gasteiger partial charge >= 0.3 is 0 Å². The van der Waals surface area contributed by atoms with E-state index >= 15 is 0 Å². The van der Waals surface area contributed by atoms with Gasteiger partial charge in [-0.1, -0.05) is 32.4 Å². The van der Waals surface area contributed by atoms with Crippen molar-refractivity contribution in [3.05, 3.63) is 77.9 Å². The van der Waals surface area contributed by atoms with Crippen LogP contribution in [0.5, 0.6) is 5.75 Å². The first-order valence-corrected chi connectivity index (χ1v) is 11.3. The molecule has 4 aromatic rings. The number of fused-ring (bicyclic) bond motifs is 1. The largest absolute Gasteiger partial charge is 0.481 e. The molecule has 34 heavy (non-hydrogen) atoms. The molecule has 7 nitrogen and oxygen atoms in total. The lowest BCUT2D eigenvalue weighted by Crippen LogP contribution is -2.32. The Morgan fingerprint density at radius 1 is 1.06 bits per heavy atom. The average Bonchev–Trinajstić information content (AvgIpc) is 3.26. The summed E-state index contributed by atoms with van der Waals surface area (Å²) in [7, 11) is 0. The van der Waals surface area contributed by atoms with E-state index in [1.165, 1.54) is 5.56 Å². The summed E-state index contributed by atoms with van der Waals surface area (Å²) in [5.41, 5.74) is 4.54. The van der Waals surface area contributed by atoms with Crippen LogP contribution in [0.3, 0.4) is 0 Å². The highest BCUT2D eigenvalue weighted by Crippen LogP contribution is 2.25. The number of nitrogens with zero attached hydrogens (tertiary/aromatic N) is 2. The number of nitrogens with one attached hydrogen (secondary N) is 2. The predicted molar refractivity (Wildman–Crippen MR) is 132 cm³/mol. The Morgan fingerprint density at radius 3 is 2.47 bits per heavy atom. The number of rotatable bonds is 9. The zero-order chi connectivity index (χ0) is 23.9. The standard InChI is InChI=1S/C27H26N4O3/c1-3-5-25(33-22-13-8-19(17-28)9-14-22)26(32)29-21-12-15-24-23(16-21)31-27(34-24)30-20-10-6-18(4-2)7-11-20/h6-16,25H,3-5H2,1-2H3,(H,29,32)(H,30,31). The number of hydrogen-bond donors (Lipinski definition) is 2. The Kier molecular flexibility index (Phi) is 7.09. The summed E-state index contributed by atoms with van der Waals surface area (Å²) in [6.07, 6.45) is 1.66. The molecule has 0 radical (unpaired) electrons. The maximum atomic E-state index is 12.9. The van der Waals surface area contributed by atoms with E-state index in [0.717, 1.165) is 18.5 Å². The molecule has 7 heteroatoms. The minimum Gasteiger partial charge on any atom is -0.481 e. The van der Waals surface area contributed by atoms with Gasteiger partial charge in [-0.3, -0.25) is 4.79 Å². The highest BCUT2D eigenvalue weighted by atomic mass is 16.5. The van der Waals surface area contributed by atoms with Gasteiger partial charge in [0.25, 0.3) is 11.9 Å². The summed E-state index contributed by atoms with van der Waals surface area (Å²) in [5, 5.41) is 15.0. The van der Waals surface area contributed by atoms with Crippen LogP contribution in [0, 0.1) is 11.3 Å². The van der Waals surface area contributed by atoms with E-state index in [1.807, 2.05) is 19.1 Å². The van der Waals surface area contributed by atoms with Crippen molar-refractivity contribution < 1.29 is 13.9 Å². The second-order valence-electron chi connectivity index (χ2n) is 7.90. The van der Waals surface area contributed by atoms with Gasteiger partial charge in [-0.2, -0.15) is 10.2 Å². The topological polar surface area (TPSA) is 100 Å². The minimum atomic E-state index is -0.658. The Labute approximate surface area is 198 Å². The average molecular weight is 455 g/mol. The Morgan fingerprint density at radius 2 is 1.79 bits per heavy atom.